The van der Waals surface area contributed by atoms with Crippen LogP contribution in [0, 0.1) is 28.6 Å². The van der Waals surface area contributed by atoms with Crippen LogP contribution < -0.4 is 0 Å². The fraction of sp³-hybridized carbons (Fsp3) is 0.741. The van der Waals surface area contributed by atoms with Crippen LogP contribution in [-0.4, -0.2) is 46.8 Å². The van der Waals surface area contributed by atoms with Gasteiger partial charge in [-0.25, -0.2) is 0 Å². The molecule has 0 bridgehead atoms. The van der Waals surface area contributed by atoms with E-state index in [4.69, 9.17) is 14.6 Å². The first-order valence-electron chi connectivity index (χ1n) is 12.8. The van der Waals surface area contributed by atoms with Gasteiger partial charge in [0.2, 0.25) is 5.78 Å². The number of hydrogen-bond acceptors (Lipinski definition) is 7. The van der Waals surface area contributed by atoms with E-state index in [-0.39, 0.29) is 30.0 Å². The molecule has 3 saturated carbocycles. The number of rotatable bonds is 7. The molecule has 1 N–H and O–H groups in total. The Kier molecular flexibility index (Phi) is 6.70. The van der Waals surface area contributed by atoms with Crippen LogP contribution >= 0.6 is 0 Å². The number of Topliss-reactive ketones (excluding diaryl/α,β-unsaturated/α-hetero) is 1. The smallest absolute Gasteiger partial charge is 0.306 e. The van der Waals surface area contributed by atoms with Crippen molar-refractivity contribution in [1.82, 2.24) is 0 Å². The highest BCUT2D eigenvalue weighted by Gasteiger charge is 2.68. The molecule has 0 heterocycles. The summed E-state index contributed by atoms with van der Waals surface area (Å²) in [5.41, 5.74) is -0.672. The number of carboxylic acids is 1. The molecule has 3 unspecified atom stereocenters. The van der Waals surface area contributed by atoms with Crippen LogP contribution in [0.3, 0.4) is 0 Å². The molecule has 35 heavy (non-hydrogen) atoms. The minimum absolute atomic E-state index is 0.00544. The Morgan fingerprint density at radius 3 is 2.40 bits per heavy atom. The highest BCUT2D eigenvalue weighted by Crippen LogP contribution is 2.68. The first-order chi connectivity index (χ1) is 16.4. The van der Waals surface area contributed by atoms with Crippen molar-refractivity contribution in [3.63, 3.8) is 0 Å². The lowest BCUT2D eigenvalue weighted by Crippen LogP contribution is -2.59. The molecule has 6 atom stereocenters. The zero-order valence-electron chi connectivity index (χ0n) is 20.9. The van der Waals surface area contributed by atoms with E-state index in [1.54, 1.807) is 0 Å². The van der Waals surface area contributed by atoms with Gasteiger partial charge in [-0.05, 0) is 74.2 Å². The highest BCUT2D eigenvalue weighted by molar-refractivity contribution is 5.93. The summed E-state index contributed by atoms with van der Waals surface area (Å²) in [4.78, 5) is 60.5. The normalized spacial score (nSPS) is 37.9. The lowest BCUT2D eigenvalue weighted by Gasteiger charge is -2.59. The summed E-state index contributed by atoms with van der Waals surface area (Å²) in [6.45, 7) is 5.11. The van der Waals surface area contributed by atoms with Crippen LogP contribution in [0.4, 0.5) is 0 Å². The lowest BCUT2D eigenvalue weighted by atomic mass is 9.46. The quantitative estimate of drug-likeness (QED) is 0.537. The average Bonchev–Trinajstić information content (AvgIpc) is 3.09. The van der Waals surface area contributed by atoms with E-state index in [9.17, 15) is 24.0 Å². The summed E-state index contributed by atoms with van der Waals surface area (Å²) in [5.74, 6) is -1.64. The van der Waals surface area contributed by atoms with Gasteiger partial charge < -0.3 is 14.6 Å². The number of ketones is 2. The molecule has 0 aliphatic heterocycles. The topological polar surface area (TPSA) is 124 Å². The Balaban J connectivity index is 1.57. The summed E-state index contributed by atoms with van der Waals surface area (Å²) in [6, 6.07) is 0. The van der Waals surface area contributed by atoms with Crippen molar-refractivity contribution in [3.05, 3.63) is 11.6 Å². The number of carbonyl (C=O) groups excluding carboxylic acids is 4. The van der Waals surface area contributed by atoms with Gasteiger partial charge in [0.05, 0.1) is 12.8 Å². The number of ether oxygens (including phenoxy) is 2. The van der Waals surface area contributed by atoms with E-state index in [0.717, 1.165) is 32.1 Å². The highest BCUT2D eigenvalue weighted by atomic mass is 16.6. The summed E-state index contributed by atoms with van der Waals surface area (Å²) in [6.07, 6.45) is 7.19. The van der Waals surface area contributed by atoms with Gasteiger partial charge in [-0.15, -0.1) is 0 Å². The third kappa shape index (κ3) is 4.23. The molecule has 3 fully saturated rings. The molecular formula is C27H36O8. The Labute approximate surface area is 205 Å². The third-order valence-corrected chi connectivity index (χ3v) is 9.76. The fourth-order valence-electron chi connectivity index (χ4n) is 8.03. The molecule has 192 valence electrons. The monoisotopic (exact) mass is 488 g/mol. The third-order valence-electron chi connectivity index (χ3n) is 9.76. The Morgan fingerprint density at radius 1 is 1.00 bits per heavy atom. The van der Waals surface area contributed by atoms with E-state index >= 15 is 0 Å². The molecule has 0 aromatic carbocycles. The van der Waals surface area contributed by atoms with Crippen molar-refractivity contribution in [3.8, 4) is 0 Å². The molecule has 8 nitrogen and oxygen atoms in total. The average molecular weight is 489 g/mol. The molecule has 0 aromatic heterocycles. The maximum Gasteiger partial charge on any atom is 0.306 e. The number of carbonyl (C=O) groups is 5. The van der Waals surface area contributed by atoms with Crippen LogP contribution in [0.15, 0.2) is 11.6 Å². The van der Waals surface area contributed by atoms with Gasteiger partial charge in [0, 0.05) is 18.8 Å². The van der Waals surface area contributed by atoms with Crippen molar-refractivity contribution in [2.75, 3.05) is 6.61 Å². The first kappa shape index (κ1) is 25.6. The van der Waals surface area contributed by atoms with E-state index in [0.29, 0.717) is 31.1 Å². The van der Waals surface area contributed by atoms with Gasteiger partial charge in [0.1, 0.15) is 0 Å². The summed E-state index contributed by atoms with van der Waals surface area (Å²) in [7, 11) is 0. The number of esters is 2. The largest absolute Gasteiger partial charge is 0.481 e. The zero-order valence-corrected chi connectivity index (χ0v) is 20.9. The molecule has 4 rings (SSSR count). The summed E-state index contributed by atoms with van der Waals surface area (Å²) >= 11 is 0. The van der Waals surface area contributed by atoms with Gasteiger partial charge >= 0.3 is 17.9 Å². The maximum absolute atomic E-state index is 13.6. The second kappa shape index (κ2) is 9.17. The van der Waals surface area contributed by atoms with Crippen molar-refractivity contribution in [2.45, 2.75) is 90.6 Å². The Bertz CT molecular complexity index is 982. The molecule has 0 radical (unpaired) electrons. The predicted molar refractivity (Wildman–Crippen MR) is 124 cm³/mol. The fourth-order valence-corrected chi connectivity index (χ4v) is 8.03. The Morgan fingerprint density at radius 2 is 1.71 bits per heavy atom. The zero-order chi connectivity index (χ0) is 25.6. The molecule has 4 aliphatic carbocycles. The van der Waals surface area contributed by atoms with E-state index in [1.807, 2.05) is 13.0 Å². The second-order valence-electron chi connectivity index (χ2n) is 11.4. The van der Waals surface area contributed by atoms with Crippen molar-refractivity contribution >= 4 is 29.5 Å². The molecule has 0 amide bonds. The number of allylic oxidation sites excluding steroid dienone is 1. The Hall–Kier alpha value is -2.51. The predicted octanol–water partition coefficient (Wildman–Crippen LogP) is 3.80. The molecule has 8 heteroatoms. The van der Waals surface area contributed by atoms with E-state index < -0.39 is 41.3 Å². The molecule has 0 saturated heterocycles. The van der Waals surface area contributed by atoms with Crippen LogP contribution in [0.2, 0.25) is 0 Å². The molecule has 0 aromatic rings. The van der Waals surface area contributed by atoms with Crippen molar-refractivity contribution in [1.29, 1.82) is 0 Å². The minimum Gasteiger partial charge on any atom is -0.481 e. The van der Waals surface area contributed by atoms with E-state index in [1.165, 1.54) is 12.5 Å². The summed E-state index contributed by atoms with van der Waals surface area (Å²) in [5, 5.41) is 8.76. The van der Waals surface area contributed by atoms with Gasteiger partial charge in [-0.3, -0.25) is 24.0 Å². The standard InChI is InChI=1S/C27H36O8/c1-16(28)35-27(22(30)15-34-24(33)7-6-23(31)32)13-10-21-19-5-4-17-14-18(29)8-11-25(17,2)20(19)9-12-26(21,27)3/h14,19-21H,4-13,15H2,1-3H3,(H,31,32)/t19?,20?,21?,25-,26-,27-/m0/s1. The lowest BCUT2D eigenvalue weighted by molar-refractivity contribution is -0.191. The van der Waals surface area contributed by atoms with Gasteiger partial charge in [-0.2, -0.15) is 0 Å². The molecule has 0 spiro atoms. The van der Waals surface area contributed by atoms with Crippen molar-refractivity contribution < 1.29 is 38.6 Å². The van der Waals surface area contributed by atoms with Crippen LogP contribution in [0.5, 0.6) is 0 Å². The summed E-state index contributed by atoms with van der Waals surface area (Å²) < 4.78 is 11.0. The number of hydrogen-bond donors (Lipinski definition) is 1. The van der Waals surface area contributed by atoms with Crippen LogP contribution in [0.25, 0.3) is 0 Å². The van der Waals surface area contributed by atoms with Gasteiger partial charge in [0.25, 0.3) is 0 Å². The maximum atomic E-state index is 13.6. The van der Waals surface area contributed by atoms with E-state index in [2.05, 4.69) is 6.92 Å². The number of carboxylic acid groups (broad SMARTS) is 1. The first-order valence-corrected chi connectivity index (χ1v) is 12.8. The van der Waals surface area contributed by atoms with Crippen molar-refractivity contribution in [2.24, 2.45) is 28.6 Å². The molecular weight excluding hydrogens is 452 g/mol. The SMILES string of the molecule is CC(=O)O[C@]1(C(=O)COC(=O)CCC(=O)O)CCC2C3CCC4=CC(=O)CC[C@]4(C)C3CC[C@@]21C. The van der Waals surface area contributed by atoms with Crippen LogP contribution in [0.1, 0.15) is 85.0 Å². The molecule has 4 aliphatic rings. The number of fused-ring (bicyclic) bond motifs is 5. The number of aliphatic carboxylic acids is 1. The van der Waals surface area contributed by atoms with Gasteiger partial charge in [0.15, 0.2) is 18.0 Å². The minimum atomic E-state index is -1.36. The van der Waals surface area contributed by atoms with Crippen LogP contribution in [-0.2, 0) is 33.4 Å². The van der Waals surface area contributed by atoms with Gasteiger partial charge in [-0.1, -0.05) is 19.4 Å². The second-order valence-corrected chi connectivity index (χ2v) is 11.4.